The molecule has 0 N–H and O–H groups in total. The van der Waals surface area contributed by atoms with Gasteiger partial charge in [0.1, 0.15) is 0 Å². The lowest BCUT2D eigenvalue weighted by atomic mass is 9.73. The number of allylic oxidation sites excluding steroid dienone is 1. The number of carbonyl (C=O) groups is 2. The molecule has 0 aromatic heterocycles. The average molecular weight is 416 g/mol. The molecule has 160 valence electrons. The van der Waals surface area contributed by atoms with Gasteiger partial charge in [0.25, 0.3) is 5.91 Å². The maximum absolute atomic E-state index is 13.4. The van der Waals surface area contributed by atoms with E-state index in [1.807, 2.05) is 24.3 Å². The van der Waals surface area contributed by atoms with E-state index in [2.05, 4.69) is 40.4 Å². The fraction of sp³-hybridized carbons (Fsp3) is 0.583. The molecule has 1 heterocycles. The number of imide groups is 1. The highest BCUT2D eigenvalue weighted by Crippen LogP contribution is 2.41. The van der Waals surface area contributed by atoms with Crippen molar-refractivity contribution in [2.24, 2.45) is 5.41 Å². The van der Waals surface area contributed by atoms with E-state index >= 15 is 0 Å². The van der Waals surface area contributed by atoms with Crippen LogP contribution in [0.1, 0.15) is 63.2 Å². The van der Waals surface area contributed by atoms with Crippen molar-refractivity contribution in [1.29, 1.82) is 0 Å². The van der Waals surface area contributed by atoms with Crippen LogP contribution in [-0.4, -0.2) is 38.2 Å². The molecule has 0 unspecified atom stereocenters. The molecule has 0 aliphatic carbocycles. The Morgan fingerprint density at radius 2 is 1.93 bits per heavy atom. The second-order valence-electron chi connectivity index (χ2n) is 9.72. The maximum Gasteiger partial charge on any atom is 0.260 e. The number of likely N-dealkylation sites (tertiary alicyclic amines) is 1. The summed E-state index contributed by atoms with van der Waals surface area (Å²) in [5.74, 6) is -0.244. The molecule has 29 heavy (non-hydrogen) atoms. The van der Waals surface area contributed by atoms with Gasteiger partial charge in [-0.25, -0.2) is 0 Å². The lowest BCUT2D eigenvalue weighted by Gasteiger charge is -2.41. The monoisotopic (exact) mass is 415 g/mol. The van der Waals surface area contributed by atoms with E-state index in [0.29, 0.717) is 25.1 Å². The minimum Gasteiger partial charge on any atom is -0.417 e. The summed E-state index contributed by atoms with van der Waals surface area (Å²) in [6.07, 6.45) is 5.61. The van der Waals surface area contributed by atoms with Gasteiger partial charge in [0, 0.05) is 18.7 Å². The summed E-state index contributed by atoms with van der Waals surface area (Å²) in [5, 5.41) is 0.172. The van der Waals surface area contributed by atoms with Crippen LogP contribution in [0, 0.1) is 5.41 Å². The van der Waals surface area contributed by atoms with Gasteiger partial charge in [-0.3, -0.25) is 14.5 Å². The first-order valence-electron chi connectivity index (χ1n) is 10.7. The number of rotatable bonds is 8. The molecule has 2 amide bonds. The van der Waals surface area contributed by atoms with Crippen LogP contribution in [0.5, 0.6) is 0 Å². The molecule has 2 rings (SSSR count). The lowest BCUT2D eigenvalue weighted by molar-refractivity contribution is -0.143. The van der Waals surface area contributed by atoms with Crippen molar-refractivity contribution in [3.05, 3.63) is 48.6 Å². The van der Waals surface area contributed by atoms with E-state index in [1.54, 1.807) is 12.1 Å². The molecule has 1 saturated heterocycles. The molecule has 5 heteroatoms. The molecule has 1 aromatic rings. The van der Waals surface area contributed by atoms with Crippen LogP contribution in [0.2, 0.25) is 18.1 Å². The standard InChI is InChI=1S/C24H37NO3Si/c1-7-15-24(17-12-19-28-29(5,6)23(2,3)4)16-11-18-25(22(24)27)21(26)20-13-9-8-10-14-20/h7-10,13-14H,1,11-12,15-19H2,2-6H3/t24-/m1/s1. The molecule has 1 aromatic carbocycles. The Labute approximate surface area is 177 Å². The number of hydrogen-bond donors (Lipinski definition) is 0. The first-order valence-corrected chi connectivity index (χ1v) is 13.6. The number of amides is 2. The van der Waals surface area contributed by atoms with E-state index in [0.717, 1.165) is 25.7 Å². The van der Waals surface area contributed by atoms with Crippen molar-refractivity contribution in [2.75, 3.05) is 13.2 Å². The Morgan fingerprint density at radius 1 is 1.28 bits per heavy atom. The first kappa shape index (κ1) is 23.6. The summed E-state index contributed by atoms with van der Waals surface area (Å²) in [6, 6.07) is 9.08. The third kappa shape index (κ3) is 5.46. The van der Waals surface area contributed by atoms with Crippen LogP contribution in [0.4, 0.5) is 0 Å². The largest absolute Gasteiger partial charge is 0.417 e. The lowest BCUT2D eigenvalue weighted by Crippen LogP contribution is -2.51. The minimum absolute atomic E-state index is 0.0511. The molecule has 1 aliphatic rings. The zero-order chi connectivity index (χ0) is 21.7. The zero-order valence-corrected chi connectivity index (χ0v) is 19.8. The van der Waals surface area contributed by atoms with Gasteiger partial charge in [0.05, 0.1) is 5.41 Å². The number of hydrogen-bond acceptors (Lipinski definition) is 3. The summed E-state index contributed by atoms with van der Waals surface area (Å²) < 4.78 is 6.31. The smallest absolute Gasteiger partial charge is 0.260 e. The van der Waals surface area contributed by atoms with E-state index in [-0.39, 0.29) is 16.9 Å². The predicted octanol–water partition coefficient (Wildman–Crippen LogP) is 5.81. The molecular weight excluding hydrogens is 378 g/mol. The Hall–Kier alpha value is -1.72. The Kier molecular flexibility index (Phi) is 7.63. The Balaban J connectivity index is 2.08. The number of benzene rings is 1. The highest BCUT2D eigenvalue weighted by molar-refractivity contribution is 6.74. The van der Waals surface area contributed by atoms with E-state index in [9.17, 15) is 9.59 Å². The highest BCUT2D eigenvalue weighted by Gasteiger charge is 2.45. The van der Waals surface area contributed by atoms with Crippen molar-refractivity contribution < 1.29 is 14.0 Å². The number of carbonyl (C=O) groups excluding carboxylic acids is 2. The SMILES string of the molecule is C=CC[C@]1(CCCO[Si](C)(C)C(C)(C)C)CCCN(C(=O)c2ccccc2)C1=O. The van der Waals surface area contributed by atoms with Gasteiger partial charge in [-0.2, -0.15) is 0 Å². The number of nitrogens with zero attached hydrogens (tertiary/aromatic N) is 1. The van der Waals surface area contributed by atoms with E-state index in [1.165, 1.54) is 4.90 Å². The predicted molar refractivity (Wildman–Crippen MR) is 121 cm³/mol. The molecule has 0 saturated carbocycles. The Bertz CT molecular complexity index is 723. The average Bonchev–Trinajstić information content (AvgIpc) is 2.67. The summed E-state index contributed by atoms with van der Waals surface area (Å²) in [4.78, 5) is 27.8. The second-order valence-corrected chi connectivity index (χ2v) is 14.5. The molecule has 0 spiro atoms. The summed E-state index contributed by atoms with van der Waals surface area (Å²) in [6.45, 7) is 16.2. The van der Waals surface area contributed by atoms with Crippen LogP contribution < -0.4 is 0 Å². The molecule has 0 bridgehead atoms. The minimum atomic E-state index is -1.80. The van der Waals surface area contributed by atoms with Crippen LogP contribution in [0.25, 0.3) is 0 Å². The summed E-state index contributed by atoms with van der Waals surface area (Å²) in [5.41, 5.74) is 0.0258. The molecule has 1 fully saturated rings. The van der Waals surface area contributed by atoms with Crippen LogP contribution in [0.3, 0.4) is 0 Å². The second kappa shape index (κ2) is 9.39. The van der Waals surface area contributed by atoms with Gasteiger partial charge in [0.2, 0.25) is 5.91 Å². The van der Waals surface area contributed by atoms with Crippen LogP contribution in [-0.2, 0) is 9.22 Å². The van der Waals surface area contributed by atoms with Crippen LogP contribution in [0.15, 0.2) is 43.0 Å². The normalized spacial score (nSPS) is 20.6. The van der Waals surface area contributed by atoms with Crippen molar-refractivity contribution in [2.45, 2.75) is 71.0 Å². The molecule has 1 atom stereocenters. The van der Waals surface area contributed by atoms with Gasteiger partial charge in [-0.05, 0) is 62.4 Å². The van der Waals surface area contributed by atoms with Gasteiger partial charge in [-0.1, -0.05) is 45.0 Å². The van der Waals surface area contributed by atoms with E-state index < -0.39 is 13.7 Å². The summed E-state index contributed by atoms with van der Waals surface area (Å²) >= 11 is 0. The van der Waals surface area contributed by atoms with Crippen molar-refractivity contribution in [1.82, 2.24) is 4.90 Å². The maximum atomic E-state index is 13.4. The molecule has 4 nitrogen and oxygen atoms in total. The molecule has 1 aliphatic heterocycles. The first-order chi connectivity index (χ1) is 13.5. The van der Waals surface area contributed by atoms with Crippen molar-refractivity contribution in [3.8, 4) is 0 Å². The molecular formula is C24H37NO3Si. The van der Waals surface area contributed by atoms with Crippen molar-refractivity contribution >= 4 is 20.1 Å². The fourth-order valence-electron chi connectivity index (χ4n) is 3.75. The van der Waals surface area contributed by atoms with Gasteiger partial charge in [-0.15, -0.1) is 6.58 Å². The Morgan fingerprint density at radius 3 is 2.52 bits per heavy atom. The molecule has 0 radical (unpaired) electrons. The van der Waals surface area contributed by atoms with E-state index in [4.69, 9.17) is 4.43 Å². The van der Waals surface area contributed by atoms with Gasteiger partial charge < -0.3 is 4.43 Å². The van der Waals surface area contributed by atoms with Crippen LogP contribution >= 0.6 is 0 Å². The van der Waals surface area contributed by atoms with Gasteiger partial charge in [0.15, 0.2) is 8.32 Å². The summed E-state index contributed by atoms with van der Waals surface area (Å²) in [7, 11) is -1.80. The highest BCUT2D eigenvalue weighted by atomic mass is 28.4. The topological polar surface area (TPSA) is 46.6 Å². The van der Waals surface area contributed by atoms with Gasteiger partial charge >= 0.3 is 0 Å². The third-order valence-corrected chi connectivity index (χ3v) is 11.1. The number of piperidine rings is 1. The van der Waals surface area contributed by atoms with Crippen molar-refractivity contribution in [3.63, 3.8) is 0 Å². The fourth-order valence-corrected chi connectivity index (χ4v) is 4.84. The zero-order valence-electron chi connectivity index (χ0n) is 18.8. The third-order valence-electron chi connectivity index (χ3n) is 6.61. The quantitative estimate of drug-likeness (QED) is 0.233.